The van der Waals surface area contributed by atoms with Crippen LogP contribution in [0, 0.1) is 5.92 Å². The number of hydrogen-bond acceptors (Lipinski definition) is 4. The fourth-order valence-corrected chi connectivity index (χ4v) is 1.76. The first-order chi connectivity index (χ1) is 10.1. The Bertz CT molecular complexity index is 453. The molecule has 0 aromatic heterocycles. The van der Waals surface area contributed by atoms with Gasteiger partial charge in [-0.15, -0.1) is 12.4 Å². The Morgan fingerprint density at radius 1 is 1.27 bits per heavy atom. The summed E-state index contributed by atoms with van der Waals surface area (Å²) in [4.78, 5) is 12.0. The fourth-order valence-electron chi connectivity index (χ4n) is 1.76. The Balaban J connectivity index is 0.00000441. The minimum Gasteiger partial charge on any atom is -0.493 e. The maximum absolute atomic E-state index is 12.0. The first kappa shape index (κ1) is 20.5. The molecule has 1 aromatic carbocycles. The summed E-state index contributed by atoms with van der Waals surface area (Å²) in [5.74, 6) is 1.55. The lowest BCUT2D eigenvalue weighted by Gasteiger charge is -2.13. The molecule has 0 spiro atoms. The van der Waals surface area contributed by atoms with Gasteiger partial charge in [0.1, 0.15) is 0 Å². The molecular weight excluding hydrogens is 304 g/mol. The van der Waals surface area contributed by atoms with Crippen molar-refractivity contribution >= 4 is 18.3 Å². The third kappa shape index (κ3) is 7.00. The maximum Gasteiger partial charge on any atom is 0.251 e. The highest BCUT2D eigenvalue weighted by Crippen LogP contribution is 2.28. The first-order valence-corrected chi connectivity index (χ1v) is 7.37. The minimum absolute atomic E-state index is 0. The summed E-state index contributed by atoms with van der Waals surface area (Å²) in [7, 11) is 1.57. The largest absolute Gasteiger partial charge is 0.493 e. The number of ether oxygens (including phenoxy) is 2. The van der Waals surface area contributed by atoms with Crippen molar-refractivity contribution in [3.05, 3.63) is 23.8 Å². The molecule has 0 aliphatic carbocycles. The summed E-state index contributed by atoms with van der Waals surface area (Å²) in [6.45, 7) is 6.04. The van der Waals surface area contributed by atoms with Gasteiger partial charge in [-0.2, -0.15) is 0 Å². The summed E-state index contributed by atoms with van der Waals surface area (Å²) in [6.07, 6.45) is 1.79. The Kier molecular flexibility index (Phi) is 10.4. The predicted molar refractivity (Wildman–Crippen MR) is 91.2 cm³/mol. The molecule has 1 aromatic rings. The number of carbonyl (C=O) groups excluding carboxylic acids is 1. The van der Waals surface area contributed by atoms with Crippen molar-refractivity contribution in [3.8, 4) is 11.5 Å². The van der Waals surface area contributed by atoms with Gasteiger partial charge >= 0.3 is 0 Å². The zero-order valence-electron chi connectivity index (χ0n) is 13.6. The van der Waals surface area contributed by atoms with Crippen molar-refractivity contribution < 1.29 is 14.3 Å². The molecule has 0 heterocycles. The fraction of sp³-hybridized carbons (Fsp3) is 0.562. The number of benzene rings is 1. The highest BCUT2D eigenvalue weighted by molar-refractivity contribution is 5.94. The van der Waals surface area contributed by atoms with Crippen LogP contribution in [0.15, 0.2) is 18.2 Å². The topological polar surface area (TPSA) is 73.6 Å². The molecule has 1 rings (SSSR count). The summed E-state index contributed by atoms with van der Waals surface area (Å²) in [5.41, 5.74) is 5.98. The smallest absolute Gasteiger partial charge is 0.251 e. The molecule has 3 N–H and O–H groups in total. The van der Waals surface area contributed by atoms with E-state index in [1.54, 1.807) is 25.3 Å². The number of unbranched alkanes of at least 4 members (excludes halogenated alkanes) is 1. The van der Waals surface area contributed by atoms with Gasteiger partial charge in [0.15, 0.2) is 11.5 Å². The second-order valence-corrected chi connectivity index (χ2v) is 5.32. The monoisotopic (exact) mass is 330 g/mol. The van der Waals surface area contributed by atoms with Crippen LogP contribution in [0.25, 0.3) is 0 Å². The number of hydrogen-bond donors (Lipinski definition) is 2. The average molecular weight is 331 g/mol. The molecule has 0 fully saturated rings. The SMILES string of the molecule is COc1cc(C(=O)NCCCCN)ccc1OCC(C)C.Cl. The van der Waals surface area contributed by atoms with E-state index < -0.39 is 0 Å². The molecule has 0 aliphatic rings. The molecule has 0 saturated heterocycles. The van der Waals surface area contributed by atoms with Gasteiger partial charge in [0.2, 0.25) is 0 Å². The lowest BCUT2D eigenvalue weighted by atomic mass is 10.1. The number of halogens is 1. The normalized spacial score (nSPS) is 10.0. The number of methoxy groups -OCH3 is 1. The van der Waals surface area contributed by atoms with Gasteiger partial charge in [-0.05, 0) is 43.5 Å². The molecule has 0 atom stereocenters. The number of amides is 1. The Labute approximate surface area is 139 Å². The van der Waals surface area contributed by atoms with Gasteiger partial charge < -0.3 is 20.5 Å². The van der Waals surface area contributed by atoms with Gasteiger partial charge in [0.05, 0.1) is 13.7 Å². The van der Waals surface area contributed by atoms with Gasteiger partial charge in [-0.1, -0.05) is 13.8 Å². The van der Waals surface area contributed by atoms with E-state index in [2.05, 4.69) is 19.2 Å². The van der Waals surface area contributed by atoms with E-state index >= 15 is 0 Å². The molecule has 5 nitrogen and oxygen atoms in total. The van der Waals surface area contributed by atoms with Crippen LogP contribution in [-0.4, -0.2) is 32.7 Å². The van der Waals surface area contributed by atoms with Crippen LogP contribution in [0.3, 0.4) is 0 Å². The minimum atomic E-state index is -0.110. The van der Waals surface area contributed by atoms with E-state index in [-0.39, 0.29) is 18.3 Å². The molecule has 126 valence electrons. The summed E-state index contributed by atoms with van der Waals surface area (Å²) in [5, 5.41) is 2.86. The summed E-state index contributed by atoms with van der Waals surface area (Å²) in [6, 6.07) is 5.22. The third-order valence-corrected chi connectivity index (χ3v) is 2.91. The molecule has 22 heavy (non-hydrogen) atoms. The van der Waals surface area contributed by atoms with E-state index in [9.17, 15) is 4.79 Å². The maximum atomic E-state index is 12.0. The third-order valence-electron chi connectivity index (χ3n) is 2.91. The molecular formula is C16H27ClN2O3. The van der Waals surface area contributed by atoms with Gasteiger partial charge in [0.25, 0.3) is 5.91 Å². The van der Waals surface area contributed by atoms with Crippen LogP contribution in [0.5, 0.6) is 11.5 Å². The van der Waals surface area contributed by atoms with E-state index in [4.69, 9.17) is 15.2 Å². The van der Waals surface area contributed by atoms with Crippen molar-refractivity contribution in [2.75, 3.05) is 26.8 Å². The van der Waals surface area contributed by atoms with Crippen molar-refractivity contribution in [2.45, 2.75) is 26.7 Å². The van der Waals surface area contributed by atoms with Crippen LogP contribution in [0.2, 0.25) is 0 Å². The second kappa shape index (κ2) is 11.2. The molecule has 0 saturated carbocycles. The number of carbonyl (C=O) groups is 1. The zero-order valence-corrected chi connectivity index (χ0v) is 14.4. The highest BCUT2D eigenvalue weighted by atomic mass is 35.5. The van der Waals surface area contributed by atoms with Crippen molar-refractivity contribution in [1.82, 2.24) is 5.32 Å². The van der Waals surface area contributed by atoms with Crippen molar-refractivity contribution in [3.63, 3.8) is 0 Å². The number of nitrogens with two attached hydrogens (primary N) is 1. The van der Waals surface area contributed by atoms with E-state index in [1.165, 1.54) is 0 Å². The lowest BCUT2D eigenvalue weighted by Crippen LogP contribution is -2.24. The van der Waals surface area contributed by atoms with E-state index in [0.29, 0.717) is 42.7 Å². The van der Waals surface area contributed by atoms with Crippen LogP contribution < -0.4 is 20.5 Å². The molecule has 6 heteroatoms. The van der Waals surface area contributed by atoms with Crippen molar-refractivity contribution in [2.24, 2.45) is 11.7 Å². The molecule has 0 unspecified atom stereocenters. The van der Waals surface area contributed by atoms with E-state index in [1.807, 2.05) is 0 Å². The van der Waals surface area contributed by atoms with Crippen LogP contribution in [0.1, 0.15) is 37.0 Å². The Morgan fingerprint density at radius 3 is 2.59 bits per heavy atom. The molecule has 0 aliphatic heterocycles. The Morgan fingerprint density at radius 2 is 2.00 bits per heavy atom. The zero-order chi connectivity index (χ0) is 15.7. The van der Waals surface area contributed by atoms with Crippen LogP contribution >= 0.6 is 12.4 Å². The molecule has 1 amide bonds. The van der Waals surface area contributed by atoms with Gasteiger partial charge in [-0.3, -0.25) is 4.79 Å². The van der Waals surface area contributed by atoms with Crippen molar-refractivity contribution in [1.29, 1.82) is 0 Å². The van der Waals surface area contributed by atoms with Crippen LogP contribution in [-0.2, 0) is 0 Å². The first-order valence-electron chi connectivity index (χ1n) is 7.37. The highest BCUT2D eigenvalue weighted by Gasteiger charge is 2.11. The Hall–Kier alpha value is -1.46. The van der Waals surface area contributed by atoms with Crippen LogP contribution in [0.4, 0.5) is 0 Å². The standard InChI is InChI=1S/C16H26N2O3.ClH/c1-12(2)11-21-14-7-6-13(10-15(14)20-3)16(19)18-9-5-4-8-17;/h6-7,10,12H,4-5,8-9,11,17H2,1-3H3,(H,18,19);1H. The number of rotatable bonds is 9. The van der Waals surface area contributed by atoms with Gasteiger partial charge in [-0.25, -0.2) is 0 Å². The lowest BCUT2D eigenvalue weighted by molar-refractivity contribution is 0.0952. The molecule has 0 bridgehead atoms. The average Bonchev–Trinajstić information content (AvgIpc) is 2.49. The summed E-state index contributed by atoms with van der Waals surface area (Å²) >= 11 is 0. The predicted octanol–water partition coefficient (Wildman–Crippen LogP) is 2.62. The quantitative estimate of drug-likeness (QED) is 0.683. The van der Waals surface area contributed by atoms with Gasteiger partial charge in [0, 0.05) is 12.1 Å². The second-order valence-electron chi connectivity index (χ2n) is 5.32. The number of nitrogens with one attached hydrogen (secondary N) is 1. The van der Waals surface area contributed by atoms with E-state index in [0.717, 1.165) is 12.8 Å². The summed E-state index contributed by atoms with van der Waals surface area (Å²) < 4.78 is 11.0. The molecule has 0 radical (unpaired) electrons.